The molecule has 0 aliphatic heterocycles. The summed E-state index contributed by atoms with van der Waals surface area (Å²) in [7, 11) is 0. The second kappa shape index (κ2) is 8.03. The van der Waals surface area contributed by atoms with Crippen molar-refractivity contribution in [3.05, 3.63) is 78.1 Å². The minimum atomic E-state index is -4.98. The molecule has 2 aromatic heterocycles. The molecule has 0 amide bonds. The van der Waals surface area contributed by atoms with Crippen LogP contribution >= 0.6 is 0 Å². The molecule has 3 rings (SSSR count). The van der Waals surface area contributed by atoms with Gasteiger partial charge in [-0.2, -0.15) is 0 Å². The van der Waals surface area contributed by atoms with Crippen LogP contribution in [0.4, 0.5) is 17.6 Å². The van der Waals surface area contributed by atoms with Gasteiger partial charge in [0.2, 0.25) is 0 Å². The molecule has 3 aromatic rings. The van der Waals surface area contributed by atoms with E-state index >= 15 is 0 Å². The first-order valence-corrected chi connectivity index (χ1v) is 7.88. The third kappa shape index (κ3) is 5.03. The van der Waals surface area contributed by atoms with Crippen LogP contribution in [0.2, 0.25) is 0 Å². The summed E-state index contributed by atoms with van der Waals surface area (Å²) in [6, 6.07) is 7.79. The third-order valence-corrected chi connectivity index (χ3v) is 3.55. The molecule has 0 atom stereocenters. The fourth-order valence-electron chi connectivity index (χ4n) is 2.33. The number of benzene rings is 1. The van der Waals surface area contributed by atoms with Crippen LogP contribution in [0.25, 0.3) is 11.1 Å². The number of carbonyl (C=O) groups is 1. The first kappa shape index (κ1) is 19.3. The van der Waals surface area contributed by atoms with Gasteiger partial charge in [0.15, 0.2) is 11.6 Å². The number of aromatic nitrogens is 2. The van der Waals surface area contributed by atoms with Crippen LogP contribution in [-0.2, 0) is 11.3 Å². The van der Waals surface area contributed by atoms with Crippen molar-refractivity contribution in [2.24, 2.45) is 0 Å². The third-order valence-electron chi connectivity index (χ3n) is 3.55. The van der Waals surface area contributed by atoms with Crippen LogP contribution in [0, 0.1) is 5.82 Å². The lowest BCUT2D eigenvalue weighted by Gasteiger charge is -2.11. The zero-order valence-electron chi connectivity index (χ0n) is 14.1. The summed E-state index contributed by atoms with van der Waals surface area (Å²) < 4.78 is 59.3. The van der Waals surface area contributed by atoms with Crippen molar-refractivity contribution in [3.63, 3.8) is 0 Å². The van der Waals surface area contributed by atoms with Gasteiger partial charge in [-0.1, -0.05) is 6.07 Å². The monoisotopic (exact) mass is 392 g/mol. The molecule has 9 heteroatoms. The van der Waals surface area contributed by atoms with Gasteiger partial charge in [0.05, 0.1) is 5.56 Å². The number of rotatable bonds is 5. The molecule has 0 aliphatic rings. The number of ether oxygens (including phenoxy) is 2. The Balaban J connectivity index is 1.72. The standard InChI is InChI=1S/C19H12F4N2O3/c20-16-7-13(3-4-17(16)28-19(21,22)23)15-6-12(8-25-10-15)11-27-18(26)14-2-1-5-24-9-14/h1-10H,11H2. The number of esters is 1. The van der Waals surface area contributed by atoms with E-state index in [0.29, 0.717) is 16.7 Å². The van der Waals surface area contributed by atoms with Crippen molar-refractivity contribution >= 4 is 5.97 Å². The van der Waals surface area contributed by atoms with E-state index in [1.165, 1.54) is 30.9 Å². The first-order chi connectivity index (χ1) is 13.3. The van der Waals surface area contributed by atoms with E-state index in [1.54, 1.807) is 18.2 Å². The van der Waals surface area contributed by atoms with Gasteiger partial charge in [0.1, 0.15) is 6.61 Å². The first-order valence-electron chi connectivity index (χ1n) is 7.88. The number of hydrogen-bond acceptors (Lipinski definition) is 5. The van der Waals surface area contributed by atoms with Gasteiger partial charge >= 0.3 is 12.3 Å². The highest BCUT2D eigenvalue weighted by molar-refractivity contribution is 5.88. The average Bonchev–Trinajstić information content (AvgIpc) is 2.67. The van der Waals surface area contributed by atoms with Crippen LogP contribution in [-0.4, -0.2) is 22.3 Å². The molecule has 0 aliphatic carbocycles. The number of carbonyl (C=O) groups excluding carboxylic acids is 1. The Hall–Kier alpha value is -3.49. The minimum Gasteiger partial charge on any atom is -0.457 e. The molecule has 0 saturated heterocycles. The van der Waals surface area contributed by atoms with Crippen LogP contribution in [0.5, 0.6) is 5.75 Å². The number of nitrogens with zero attached hydrogens (tertiary/aromatic N) is 2. The summed E-state index contributed by atoms with van der Waals surface area (Å²) in [6.07, 6.45) is 0.768. The number of hydrogen-bond donors (Lipinski definition) is 0. The second-order valence-electron chi connectivity index (χ2n) is 5.59. The molecule has 2 heterocycles. The fourth-order valence-corrected chi connectivity index (χ4v) is 2.33. The van der Waals surface area contributed by atoms with E-state index < -0.39 is 23.9 Å². The van der Waals surface area contributed by atoms with Gasteiger partial charge in [0, 0.05) is 35.9 Å². The molecule has 1 aromatic carbocycles. The normalized spacial score (nSPS) is 11.1. The SMILES string of the molecule is O=C(OCc1cncc(-c2ccc(OC(F)(F)F)c(F)c2)c1)c1cccnc1. The number of alkyl halides is 3. The maximum Gasteiger partial charge on any atom is 0.573 e. The highest BCUT2D eigenvalue weighted by Gasteiger charge is 2.32. The molecule has 0 bridgehead atoms. The molecule has 0 unspecified atom stereocenters. The van der Waals surface area contributed by atoms with Crippen molar-refractivity contribution in [2.75, 3.05) is 0 Å². The molecule has 0 fully saturated rings. The van der Waals surface area contributed by atoms with E-state index in [4.69, 9.17) is 4.74 Å². The van der Waals surface area contributed by atoms with E-state index in [1.807, 2.05) is 0 Å². The van der Waals surface area contributed by atoms with Crippen molar-refractivity contribution in [3.8, 4) is 16.9 Å². The topological polar surface area (TPSA) is 61.3 Å². The quantitative estimate of drug-likeness (QED) is 0.471. The summed E-state index contributed by atoms with van der Waals surface area (Å²) in [6.45, 7) is -0.0910. The summed E-state index contributed by atoms with van der Waals surface area (Å²) in [5, 5.41) is 0. The Bertz CT molecular complexity index is 978. The molecule has 0 spiro atoms. The van der Waals surface area contributed by atoms with Gasteiger partial charge in [-0.25, -0.2) is 9.18 Å². The number of pyridine rings is 2. The predicted molar refractivity (Wildman–Crippen MR) is 89.7 cm³/mol. The van der Waals surface area contributed by atoms with Gasteiger partial charge < -0.3 is 9.47 Å². The summed E-state index contributed by atoms with van der Waals surface area (Å²) in [4.78, 5) is 19.7. The largest absolute Gasteiger partial charge is 0.573 e. The molecule has 28 heavy (non-hydrogen) atoms. The Morgan fingerprint density at radius 1 is 1.00 bits per heavy atom. The highest BCUT2D eigenvalue weighted by atomic mass is 19.4. The minimum absolute atomic E-state index is 0.0910. The second-order valence-corrected chi connectivity index (χ2v) is 5.59. The van der Waals surface area contributed by atoms with E-state index in [-0.39, 0.29) is 12.2 Å². The maximum absolute atomic E-state index is 13.9. The van der Waals surface area contributed by atoms with E-state index in [2.05, 4.69) is 14.7 Å². The van der Waals surface area contributed by atoms with Gasteiger partial charge in [-0.05, 0) is 35.9 Å². The Morgan fingerprint density at radius 3 is 2.50 bits per heavy atom. The van der Waals surface area contributed by atoms with Gasteiger partial charge in [-0.3, -0.25) is 9.97 Å². The summed E-state index contributed by atoms with van der Waals surface area (Å²) in [5.74, 6) is -2.66. The Morgan fingerprint density at radius 2 is 1.82 bits per heavy atom. The lowest BCUT2D eigenvalue weighted by molar-refractivity contribution is -0.275. The van der Waals surface area contributed by atoms with Crippen LogP contribution in [0.15, 0.2) is 61.2 Å². The zero-order valence-corrected chi connectivity index (χ0v) is 14.1. The molecule has 0 saturated carbocycles. The molecule has 0 radical (unpaired) electrons. The number of halogens is 4. The van der Waals surface area contributed by atoms with Gasteiger partial charge in [0.25, 0.3) is 0 Å². The van der Waals surface area contributed by atoms with Crippen molar-refractivity contribution < 1.29 is 31.8 Å². The fraction of sp³-hybridized carbons (Fsp3) is 0.105. The van der Waals surface area contributed by atoms with Crippen molar-refractivity contribution in [1.29, 1.82) is 0 Å². The van der Waals surface area contributed by atoms with Gasteiger partial charge in [-0.15, -0.1) is 13.2 Å². The molecular formula is C19H12F4N2O3. The molecule has 0 N–H and O–H groups in total. The predicted octanol–water partition coefficient (Wildman–Crippen LogP) is 4.54. The smallest absolute Gasteiger partial charge is 0.457 e. The van der Waals surface area contributed by atoms with Crippen LogP contribution in [0.3, 0.4) is 0 Å². The van der Waals surface area contributed by atoms with Crippen molar-refractivity contribution in [2.45, 2.75) is 13.0 Å². The van der Waals surface area contributed by atoms with Crippen molar-refractivity contribution in [1.82, 2.24) is 9.97 Å². The van der Waals surface area contributed by atoms with E-state index in [0.717, 1.165) is 12.1 Å². The maximum atomic E-state index is 13.9. The Labute approximate surface area is 156 Å². The highest BCUT2D eigenvalue weighted by Crippen LogP contribution is 2.29. The lowest BCUT2D eigenvalue weighted by Crippen LogP contribution is -2.17. The molecular weight excluding hydrogens is 380 g/mol. The van der Waals surface area contributed by atoms with E-state index in [9.17, 15) is 22.4 Å². The molecule has 5 nitrogen and oxygen atoms in total. The molecule has 144 valence electrons. The zero-order chi connectivity index (χ0) is 20.1. The Kier molecular flexibility index (Phi) is 5.53. The van der Waals surface area contributed by atoms with Crippen LogP contribution < -0.4 is 4.74 Å². The summed E-state index contributed by atoms with van der Waals surface area (Å²) >= 11 is 0. The average molecular weight is 392 g/mol. The lowest BCUT2D eigenvalue weighted by atomic mass is 10.1. The summed E-state index contributed by atoms with van der Waals surface area (Å²) in [5.41, 5.74) is 1.53. The van der Waals surface area contributed by atoms with Crippen LogP contribution in [0.1, 0.15) is 15.9 Å².